The molecule has 0 bridgehead atoms. The quantitative estimate of drug-likeness (QED) is 0.660. The van der Waals surface area contributed by atoms with Gasteiger partial charge in [-0.15, -0.1) is 0 Å². The smallest absolute Gasteiger partial charge is 0.271 e. The van der Waals surface area contributed by atoms with Gasteiger partial charge in [-0.2, -0.15) is 5.10 Å². The number of piperazine rings is 1. The third-order valence-corrected chi connectivity index (χ3v) is 5.76. The van der Waals surface area contributed by atoms with E-state index in [0.29, 0.717) is 41.1 Å². The molecule has 1 aliphatic heterocycles. The molecule has 0 radical (unpaired) electrons. The van der Waals surface area contributed by atoms with Crippen LogP contribution in [0.25, 0.3) is 11.3 Å². The average Bonchev–Trinajstić information content (AvgIpc) is 3.21. The van der Waals surface area contributed by atoms with Gasteiger partial charge in [-0.1, -0.05) is 29.3 Å². The number of hydrogen-bond donors (Lipinski definition) is 1. The number of aromatic amines is 1. The van der Waals surface area contributed by atoms with Crippen LogP contribution in [0.1, 0.15) is 16.1 Å². The van der Waals surface area contributed by atoms with Crippen LogP contribution in [0.4, 0.5) is 4.39 Å². The number of aromatic nitrogens is 2. The van der Waals surface area contributed by atoms with Crippen LogP contribution in [0.2, 0.25) is 10.0 Å². The average molecular weight is 433 g/mol. The van der Waals surface area contributed by atoms with Crippen molar-refractivity contribution in [3.63, 3.8) is 0 Å². The van der Waals surface area contributed by atoms with Gasteiger partial charge in [-0.25, -0.2) is 4.39 Å². The van der Waals surface area contributed by atoms with E-state index in [9.17, 15) is 9.18 Å². The van der Waals surface area contributed by atoms with Crippen molar-refractivity contribution >= 4 is 29.1 Å². The van der Waals surface area contributed by atoms with E-state index >= 15 is 0 Å². The molecule has 0 unspecified atom stereocenters. The SMILES string of the molecule is O=C(c1cc(-c2ccc(F)cc2)n[nH]1)N1CCN(Cc2c(Cl)cccc2Cl)CC1. The van der Waals surface area contributed by atoms with Crippen LogP contribution in [0.15, 0.2) is 48.5 Å². The van der Waals surface area contributed by atoms with Gasteiger partial charge in [0.05, 0.1) is 5.69 Å². The lowest BCUT2D eigenvalue weighted by atomic mass is 10.1. The van der Waals surface area contributed by atoms with Gasteiger partial charge in [0, 0.05) is 53.9 Å². The summed E-state index contributed by atoms with van der Waals surface area (Å²) in [4.78, 5) is 16.8. The van der Waals surface area contributed by atoms with Crippen LogP contribution in [-0.4, -0.2) is 52.1 Å². The Balaban J connectivity index is 1.37. The van der Waals surface area contributed by atoms with Crippen LogP contribution in [-0.2, 0) is 6.54 Å². The van der Waals surface area contributed by atoms with E-state index in [2.05, 4.69) is 15.1 Å². The van der Waals surface area contributed by atoms with Crippen molar-refractivity contribution in [3.05, 3.63) is 75.7 Å². The largest absolute Gasteiger partial charge is 0.335 e. The molecule has 5 nitrogen and oxygen atoms in total. The third-order valence-electron chi connectivity index (χ3n) is 5.05. The number of nitrogens with zero attached hydrogens (tertiary/aromatic N) is 3. The maximum Gasteiger partial charge on any atom is 0.271 e. The zero-order valence-corrected chi connectivity index (χ0v) is 17.0. The lowest BCUT2D eigenvalue weighted by molar-refractivity contribution is 0.0622. The van der Waals surface area contributed by atoms with Crippen molar-refractivity contribution in [1.82, 2.24) is 20.0 Å². The first-order valence-electron chi connectivity index (χ1n) is 9.27. The normalized spacial score (nSPS) is 14.9. The predicted molar refractivity (Wildman–Crippen MR) is 112 cm³/mol. The minimum absolute atomic E-state index is 0.0960. The first-order chi connectivity index (χ1) is 14.0. The zero-order chi connectivity index (χ0) is 20.4. The van der Waals surface area contributed by atoms with Gasteiger partial charge < -0.3 is 4.90 Å². The number of carbonyl (C=O) groups excluding carboxylic acids is 1. The van der Waals surface area contributed by atoms with E-state index in [1.165, 1.54) is 12.1 Å². The topological polar surface area (TPSA) is 52.2 Å². The highest BCUT2D eigenvalue weighted by atomic mass is 35.5. The second kappa shape index (κ2) is 8.53. The molecule has 150 valence electrons. The Morgan fingerprint density at radius 2 is 1.69 bits per heavy atom. The Morgan fingerprint density at radius 1 is 1.03 bits per heavy atom. The highest BCUT2D eigenvalue weighted by Crippen LogP contribution is 2.26. The van der Waals surface area contributed by atoms with Crippen molar-refractivity contribution < 1.29 is 9.18 Å². The van der Waals surface area contributed by atoms with E-state index in [0.717, 1.165) is 24.2 Å². The number of carbonyl (C=O) groups is 1. The van der Waals surface area contributed by atoms with Crippen LogP contribution >= 0.6 is 23.2 Å². The molecule has 0 spiro atoms. The summed E-state index contributed by atoms with van der Waals surface area (Å²) in [6, 6.07) is 13.2. The molecule has 8 heteroatoms. The van der Waals surface area contributed by atoms with Crippen LogP contribution < -0.4 is 0 Å². The molecule has 1 saturated heterocycles. The van der Waals surface area contributed by atoms with E-state index < -0.39 is 0 Å². The highest BCUT2D eigenvalue weighted by molar-refractivity contribution is 6.35. The standard InChI is InChI=1S/C21H19Cl2FN4O/c22-17-2-1-3-18(23)16(17)13-27-8-10-28(11-9-27)21(29)20-12-19(25-26-20)14-4-6-15(24)7-5-14/h1-7,12H,8-11,13H2,(H,25,26). The molecule has 1 aromatic heterocycles. The van der Waals surface area contributed by atoms with E-state index in [-0.39, 0.29) is 11.7 Å². The molecule has 1 amide bonds. The summed E-state index contributed by atoms with van der Waals surface area (Å²) in [6.45, 7) is 3.31. The number of halogens is 3. The molecule has 3 aromatic rings. The number of amides is 1. The van der Waals surface area contributed by atoms with Crippen LogP contribution in [0.5, 0.6) is 0 Å². The number of rotatable bonds is 4. The lowest BCUT2D eigenvalue weighted by Gasteiger charge is -2.34. The number of hydrogen-bond acceptors (Lipinski definition) is 3. The minimum atomic E-state index is -0.309. The second-order valence-corrected chi connectivity index (χ2v) is 7.76. The molecular formula is C21H19Cl2FN4O. The molecule has 4 rings (SSSR count). The third kappa shape index (κ3) is 4.45. The van der Waals surface area contributed by atoms with E-state index in [4.69, 9.17) is 23.2 Å². The molecule has 0 atom stereocenters. The molecule has 1 aliphatic rings. The Hall–Kier alpha value is -2.41. The molecule has 2 aromatic carbocycles. The fourth-order valence-corrected chi connectivity index (χ4v) is 3.90. The lowest BCUT2D eigenvalue weighted by Crippen LogP contribution is -2.48. The Morgan fingerprint density at radius 3 is 2.34 bits per heavy atom. The summed E-state index contributed by atoms with van der Waals surface area (Å²) in [5.41, 5.74) is 2.70. The second-order valence-electron chi connectivity index (χ2n) is 6.94. The van der Waals surface area contributed by atoms with Gasteiger partial charge in [0.1, 0.15) is 11.5 Å². The molecule has 29 heavy (non-hydrogen) atoms. The summed E-state index contributed by atoms with van der Waals surface area (Å²) >= 11 is 12.5. The molecule has 1 N–H and O–H groups in total. The maximum atomic E-state index is 13.1. The molecule has 2 heterocycles. The molecule has 0 saturated carbocycles. The summed E-state index contributed by atoms with van der Waals surface area (Å²) < 4.78 is 13.1. The molecule has 0 aliphatic carbocycles. The van der Waals surface area contributed by atoms with Gasteiger partial charge in [-0.3, -0.25) is 14.8 Å². The van der Waals surface area contributed by atoms with E-state index in [1.807, 2.05) is 18.2 Å². The predicted octanol–water partition coefficient (Wildman–Crippen LogP) is 4.48. The zero-order valence-electron chi connectivity index (χ0n) is 15.5. The Bertz CT molecular complexity index is 994. The van der Waals surface area contributed by atoms with E-state index in [1.54, 1.807) is 23.1 Å². The van der Waals surface area contributed by atoms with Gasteiger partial charge >= 0.3 is 0 Å². The Labute approximate surface area is 178 Å². The summed E-state index contributed by atoms with van der Waals surface area (Å²) in [7, 11) is 0. The first kappa shape index (κ1) is 19.9. The fraction of sp³-hybridized carbons (Fsp3) is 0.238. The monoisotopic (exact) mass is 432 g/mol. The van der Waals surface area contributed by atoms with Gasteiger partial charge in [0.2, 0.25) is 0 Å². The fourth-order valence-electron chi connectivity index (χ4n) is 3.39. The van der Waals surface area contributed by atoms with Crippen molar-refractivity contribution in [3.8, 4) is 11.3 Å². The van der Waals surface area contributed by atoms with Crippen molar-refractivity contribution in [2.45, 2.75) is 6.54 Å². The molecule has 1 fully saturated rings. The minimum Gasteiger partial charge on any atom is -0.335 e. The van der Waals surface area contributed by atoms with Crippen molar-refractivity contribution in [1.29, 1.82) is 0 Å². The van der Waals surface area contributed by atoms with Gasteiger partial charge in [-0.05, 0) is 42.5 Å². The number of nitrogens with one attached hydrogen (secondary N) is 1. The van der Waals surface area contributed by atoms with Gasteiger partial charge in [0.15, 0.2) is 0 Å². The van der Waals surface area contributed by atoms with Gasteiger partial charge in [0.25, 0.3) is 5.91 Å². The Kier molecular flexibility index (Phi) is 5.85. The van der Waals surface area contributed by atoms with Crippen molar-refractivity contribution in [2.24, 2.45) is 0 Å². The van der Waals surface area contributed by atoms with Crippen LogP contribution in [0, 0.1) is 5.82 Å². The maximum absolute atomic E-state index is 13.1. The summed E-state index contributed by atoms with van der Waals surface area (Å²) in [5.74, 6) is -0.405. The number of H-pyrrole nitrogens is 1. The summed E-state index contributed by atoms with van der Waals surface area (Å²) in [6.07, 6.45) is 0. The summed E-state index contributed by atoms with van der Waals surface area (Å²) in [5, 5.41) is 8.29. The first-order valence-corrected chi connectivity index (χ1v) is 10.0. The number of benzene rings is 2. The highest BCUT2D eigenvalue weighted by Gasteiger charge is 2.24. The van der Waals surface area contributed by atoms with Crippen molar-refractivity contribution in [2.75, 3.05) is 26.2 Å². The molecular weight excluding hydrogens is 414 g/mol. The van der Waals surface area contributed by atoms with Crippen LogP contribution in [0.3, 0.4) is 0 Å².